The maximum Gasteiger partial charge on any atom is 0.232 e. The molecule has 2 aromatic heterocycles. The number of methoxy groups -OCH3 is 1. The fraction of sp³-hybridized carbons (Fsp3) is 0.435. The molecule has 31 heavy (non-hydrogen) atoms. The summed E-state index contributed by atoms with van der Waals surface area (Å²) in [6, 6.07) is 7.16. The van der Waals surface area contributed by atoms with Crippen molar-refractivity contribution in [3.63, 3.8) is 0 Å². The van der Waals surface area contributed by atoms with Gasteiger partial charge in [0.15, 0.2) is 5.78 Å². The van der Waals surface area contributed by atoms with E-state index in [2.05, 4.69) is 22.2 Å². The lowest BCUT2D eigenvalue weighted by molar-refractivity contribution is 0.0838. The predicted molar refractivity (Wildman–Crippen MR) is 116 cm³/mol. The van der Waals surface area contributed by atoms with E-state index in [0.29, 0.717) is 39.7 Å². The van der Waals surface area contributed by atoms with Crippen LogP contribution in [-0.2, 0) is 0 Å². The molecule has 0 saturated heterocycles. The third-order valence-corrected chi connectivity index (χ3v) is 5.55. The Hall–Kier alpha value is -3.13. The number of ether oxygens (including phenoxy) is 2. The summed E-state index contributed by atoms with van der Waals surface area (Å²) in [5.74, 6) is 2.29. The number of anilines is 1. The highest BCUT2D eigenvalue weighted by atomic mass is 16.5. The van der Waals surface area contributed by atoms with Crippen molar-refractivity contribution in [3.05, 3.63) is 41.9 Å². The lowest BCUT2D eigenvalue weighted by Gasteiger charge is -2.14. The van der Waals surface area contributed by atoms with Crippen LogP contribution in [0, 0.1) is 6.92 Å². The number of aryl methyl sites for hydroxylation is 1. The molecule has 164 valence electrons. The predicted octanol–water partition coefficient (Wildman–Crippen LogP) is 3.91. The lowest BCUT2D eigenvalue weighted by Crippen LogP contribution is -2.19. The van der Waals surface area contributed by atoms with Crippen LogP contribution in [0.4, 0.5) is 5.82 Å². The van der Waals surface area contributed by atoms with Gasteiger partial charge in [0.25, 0.3) is 0 Å². The smallest absolute Gasteiger partial charge is 0.232 e. The molecule has 0 aliphatic heterocycles. The molecule has 8 nitrogen and oxygen atoms in total. The minimum absolute atomic E-state index is 0.000425. The van der Waals surface area contributed by atoms with Crippen LogP contribution in [0.25, 0.3) is 11.1 Å². The molecule has 1 atom stereocenters. The topological polar surface area (TPSA) is 107 Å². The summed E-state index contributed by atoms with van der Waals surface area (Å²) in [5.41, 5.74) is 0.869. The molecule has 3 aromatic rings. The van der Waals surface area contributed by atoms with Gasteiger partial charge in [0.05, 0.1) is 24.2 Å². The first kappa shape index (κ1) is 21.1. The van der Waals surface area contributed by atoms with E-state index in [-0.39, 0.29) is 30.8 Å². The van der Waals surface area contributed by atoms with E-state index in [1.165, 1.54) is 6.33 Å². The second-order valence-electron chi connectivity index (χ2n) is 8.23. The van der Waals surface area contributed by atoms with Gasteiger partial charge in [-0.3, -0.25) is 4.79 Å². The van der Waals surface area contributed by atoms with Crippen LogP contribution in [0.5, 0.6) is 11.5 Å². The average Bonchev–Trinajstić information content (AvgIpc) is 3.38. The van der Waals surface area contributed by atoms with Gasteiger partial charge in [-0.05, 0) is 45.2 Å². The number of hydrogen-bond acceptors (Lipinski definition) is 8. The monoisotopic (exact) mass is 425 g/mol. The number of fused-ring (bicyclic) bond motifs is 1. The molecule has 1 saturated carbocycles. The van der Waals surface area contributed by atoms with Gasteiger partial charge >= 0.3 is 0 Å². The molecular weight excluding hydrogens is 398 g/mol. The zero-order valence-corrected chi connectivity index (χ0v) is 18.0. The molecule has 0 radical (unpaired) electrons. The van der Waals surface area contributed by atoms with Crippen molar-refractivity contribution in [2.75, 3.05) is 19.0 Å². The third-order valence-electron chi connectivity index (χ3n) is 5.55. The Kier molecular flexibility index (Phi) is 5.82. The molecule has 1 unspecified atom stereocenters. The molecule has 0 spiro atoms. The number of nitrogens with one attached hydrogen (secondary N) is 1. The van der Waals surface area contributed by atoms with Gasteiger partial charge < -0.3 is 24.3 Å². The van der Waals surface area contributed by atoms with Crippen LogP contribution in [0.2, 0.25) is 0 Å². The highest BCUT2D eigenvalue weighted by molar-refractivity contribution is 6.11. The van der Waals surface area contributed by atoms with Crippen molar-refractivity contribution in [1.82, 2.24) is 9.97 Å². The Morgan fingerprint density at radius 1 is 1.32 bits per heavy atom. The fourth-order valence-electron chi connectivity index (χ4n) is 3.46. The minimum atomic E-state index is -0.784. The lowest BCUT2D eigenvalue weighted by atomic mass is 10.0. The summed E-state index contributed by atoms with van der Waals surface area (Å²) in [7, 11) is 1.58. The standard InChI is InChI=1S/C23H27N3O5/c1-14-19(20-21(26-23(2)9-10-23)24-13-25-22(20)31-14)18(28)8-7-15(27)12-30-17-6-4-5-16(11-17)29-3/h4-6,11,13,15,27H,7-10,12H2,1-3H3,(H,24,25,26). The zero-order valence-electron chi connectivity index (χ0n) is 18.0. The number of carbonyl (C=O) groups excluding carboxylic acids is 1. The maximum atomic E-state index is 13.0. The van der Waals surface area contributed by atoms with Gasteiger partial charge in [-0.25, -0.2) is 9.97 Å². The Labute approximate surface area is 180 Å². The molecule has 4 rings (SSSR count). The Morgan fingerprint density at radius 2 is 2.10 bits per heavy atom. The van der Waals surface area contributed by atoms with E-state index < -0.39 is 6.10 Å². The highest BCUT2D eigenvalue weighted by Crippen LogP contribution is 2.40. The van der Waals surface area contributed by atoms with Gasteiger partial charge in [0.1, 0.15) is 36.0 Å². The first-order valence-electron chi connectivity index (χ1n) is 10.4. The summed E-state index contributed by atoms with van der Waals surface area (Å²) in [6.07, 6.45) is 3.18. The van der Waals surface area contributed by atoms with Crippen LogP contribution in [0.15, 0.2) is 35.0 Å². The SMILES string of the molecule is COc1cccc(OCC(O)CCC(=O)c2c(C)oc3ncnc(NC4(C)CC4)c23)c1. The van der Waals surface area contributed by atoms with Crippen molar-refractivity contribution in [2.45, 2.75) is 51.2 Å². The number of rotatable bonds is 10. The Bertz CT molecular complexity index is 1090. The molecule has 2 heterocycles. The van der Waals surface area contributed by atoms with Crippen molar-refractivity contribution < 1.29 is 23.8 Å². The molecule has 8 heteroatoms. The van der Waals surface area contributed by atoms with Crippen LogP contribution in [0.3, 0.4) is 0 Å². The molecule has 1 aliphatic carbocycles. The average molecular weight is 425 g/mol. The van der Waals surface area contributed by atoms with Gasteiger partial charge in [0.2, 0.25) is 5.71 Å². The van der Waals surface area contributed by atoms with Crippen LogP contribution >= 0.6 is 0 Å². The number of aromatic nitrogens is 2. The van der Waals surface area contributed by atoms with Crippen molar-refractivity contribution in [2.24, 2.45) is 0 Å². The maximum absolute atomic E-state index is 13.0. The third kappa shape index (κ3) is 4.80. The van der Waals surface area contributed by atoms with Gasteiger partial charge in [-0.2, -0.15) is 0 Å². The Balaban J connectivity index is 1.41. The Morgan fingerprint density at radius 3 is 2.84 bits per heavy atom. The number of furan rings is 1. The number of aliphatic hydroxyl groups excluding tert-OH is 1. The van der Waals surface area contributed by atoms with Gasteiger partial charge in [-0.15, -0.1) is 0 Å². The van der Waals surface area contributed by atoms with Crippen LogP contribution in [0.1, 0.15) is 48.7 Å². The normalized spacial score (nSPS) is 15.5. The number of benzene rings is 1. The van der Waals surface area contributed by atoms with E-state index in [1.54, 1.807) is 26.2 Å². The van der Waals surface area contributed by atoms with Crippen LogP contribution in [-0.4, -0.2) is 46.2 Å². The summed E-state index contributed by atoms with van der Waals surface area (Å²) in [6.45, 7) is 3.95. The summed E-state index contributed by atoms with van der Waals surface area (Å²) in [5, 5.41) is 14.3. The molecule has 1 aromatic carbocycles. The molecule has 0 amide bonds. The number of hydrogen-bond donors (Lipinski definition) is 2. The summed E-state index contributed by atoms with van der Waals surface area (Å²) >= 11 is 0. The fourth-order valence-corrected chi connectivity index (χ4v) is 3.46. The molecule has 2 N–H and O–H groups in total. The summed E-state index contributed by atoms with van der Waals surface area (Å²) < 4.78 is 16.5. The molecule has 0 bridgehead atoms. The quantitative estimate of drug-likeness (QED) is 0.471. The van der Waals surface area contributed by atoms with Crippen LogP contribution < -0.4 is 14.8 Å². The number of carbonyl (C=O) groups is 1. The number of aliphatic hydroxyl groups is 1. The van der Waals surface area contributed by atoms with Crippen molar-refractivity contribution >= 4 is 22.7 Å². The second-order valence-corrected chi connectivity index (χ2v) is 8.23. The minimum Gasteiger partial charge on any atom is -0.497 e. The highest BCUT2D eigenvalue weighted by Gasteiger charge is 2.38. The van der Waals surface area contributed by atoms with E-state index in [0.717, 1.165) is 12.8 Å². The van der Waals surface area contributed by atoms with E-state index in [1.807, 2.05) is 12.1 Å². The molecule has 1 fully saturated rings. The van der Waals surface area contributed by atoms with E-state index in [4.69, 9.17) is 13.9 Å². The largest absolute Gasteiger partial charge is 0.497 e. The number of Topliss-reactive ketones (excluding diaryl/α,β-unsaturated/α-hetero) is 1. The first-order valence-corrected chi connectivity index (χ1v) is 10.4. The number of ketones is 1. The van der Waals surface area contributed by atoms with Gasteiger partial charge in [0, 0.05) is 18.0 Å². The van der Waals surface area contributed by atoms with E-state index in [9.17, 15) is 9.90 Å². The van der Waals surface area contributed by atoms with E-state index >= 15 is 0 Å². The van der Waals surface area contributed by atoms with Crippen molar-refractivity contribution in [1.29, 1.82) is 0 Å². The van der Waals surface area contributed by atoms with Gasteiger partial charge in [-0.1, -0.05) is 6.07 Å². The second kappa shape index (κ2) is 8.55. The zero-order chi connectivity index (χ0) is 22.0. The molecule has 1 aliphatic rings. The number of nitrogens with zero attached hydrogens (tertiary/aromatic N) is 2. The molecular formula is C23H27N3O5. The summed E-state index contributed by atoms with van der Waals surface area (Å²) in [4.78, 5) is 21.6. The first-order chi connectivity index (χ1) is 14.9. The van der Waals surface area contributed by atoms with Crippen molar-refractivity contribution in [3.8, 4) is 11.5 Å².